The van der Waals surface area contributed by atoms with Crippen molar-refractivity contribution in [2.45, 2.75) is 17.9 Å². The average molecular weight is 324 g/mol. The Labute approximate surface area is 122 Å². The molecule has 8 heteroatoms. The molecular weight excluding hydrogens is 309 g/mol. The summed E-state index contributed by atoms with van der Waals surface area (Å²) in [4.78, 5) is 0. The Morgan fingerprint density at radius 3 is 2.95 bits per heavy atom. The lowest BCUT2D eigenvalue weighted by atomic mass is 10.2. The van der Waals surface area contributed by atoms with Crippen molar-refractivity contribution in [1.82, 2.24) is 4.72 Å². The fraction of sp³-hybridized carbons (Fsp3) is 0.500. The Kier molecular flexibility index (Phi) is 4.98. The van der Waals surface area contributed by atoms with Gasteiger partial charge < -0.3 is 9.47 Å². The molecule has 0 aliphatic carbocycles. The van der Waals surface area contributed by atoms with Gasteiger partial charge >= 0.3 is 0 Å². The van der Waals surface area contributed by atoms with Crippen LogP contribution in [-0.2, 0) is 25.2 Å². The van der Waals surface area contributed by atoms with Crippen LogP contribution in [0, 0.1) is 5.82 Å². The SMILES string of the molecule is CO[C@H]1COC[C@@H]1NS(=O)(=O)Cc1cc(F)ccc1Cl. The van der Waals surface area contributed by atoms with E-state index in [1.165, 1.54) is 19.2 Å². The lowest BCUT2D eigenvalue weighted by molar-refractivity contribution is 0.0761. The van der Waals surface area contributed by atoms with Gasteiger partial charge in [0, 0.05) is 12.1 Å². The van der Waals surface area contributed by atoms with Crippen molar-refractivity contribution in [3.8, 4) is 0 Å². The summed E-state index contributed by atoms with van der Waals surface area (Å²) in [7, 11) is -2.17. The number of benzene rings is 1. The van der Waals surface area contributed by atoms with Crippen LogP contribution in [0.1, 0.15) is 5.56 Å². The highest BCUT2D eigenvalue weighted by atomic mass is 35.5. The summed E-state index contributed by atoms with van der Waals surface area (Å²) < 4.78 is 50.1. The topological polar surface area (TPSA) is 64.6 Å². The number of ether oxygens (including phenoxy) is 2. The molecule has 1 fully saturated rings. The lowest BCUT2D eigenvalue weighted by Crippen LogP contribution is -2.43. The zero-order valence-corrected chi connectivity index (χ0v) is 12.4. The molecule has 1 heterocycles. The number of sulfonamides is 1. The highest BCUT2D eigenvalue weighted by Gasteiger charge is 2.31. The number of halogens is 2. The first-order chi connectivity index (χ1) is 9.41. The molecule has 0 spiro atoms. The second kappa shape index (κ2) is 6.36. The van der Waals surface area contributed by atoms with E-state index in [9.17, 15) is 12.8 Å². The molecule has 0 bridgehead atoms. The Morgan fingerprint density at radius 2 is 2.25 bits per heavy atom. The number of rotatable bonds is 5. The van der Waals surface area contributed by atoms with Crippen molar-refractivity contribution in [3.05, 3.63) is 34.6 Å². The molecule has 0 saturated carbocycles. The van der Waals surface area contributed by atoms with E-state index in [1.54, 1.807) is 0 Å². The maximum atomic E-state index is 13.1. The van der Waals surface area contributed by atoms with Crippen molar-refractivity contribution in [2.24, 2.45) is 0 Å². The van der Waals surface area contributed by atoms with E-state index in [-0.39, 0.29) is 23.3 Å². The van der Waals surface area contributed by atoms with Crippen LogP contribution in [-0.4, -0.2) is 40.9 Å². The maximum Gasteiger partial charge on any atom is 0.216 e. The zero-order chi connectivity index (χ0) is 14.8. The standard InChI is InChI=1S/C12H15ClFNO4S/c1-18-12-6-19-5-11(12)15-20(16,17)7-8-4-9(14)2-3-10(8)13/h2-4,11-12,15H,5-7H2,1H3/t11-,12-/m0/s1. The molecule has 0 radical (unpaired) electrons. The molecule has 20 heavy (non-hydrogen) atoms. The van der Waals surface area contributed by atoms with Gasteiger partial charge in [0.1, 0.15) is 5.82 Å². The third-order valence-electron chi connectivity index (χ3n) is 3.02. The van der Waals surface area contributed by atoms with Gasteiger partial charge in [-0.3, -0.25) is 0 Å². The van der Waals surface area contributed by atoms with Crippen molar-refractivity contribution in [3.63, 3.8) is 0 Å². The summed E-state index contributed by atoms with van der Waals surface area (Å²) in [6, 6.07) is 3.17. The first-order valence-electron chi connectivity index (χ1n) is 5.96. The Hall–Kier alpha value is -0.730. The smallest absolute Gasteiger partial charge is 0.216 e. The minimum absolute atomic E-state index is 0.211. The highest BCUT2D eigenvalue weighted by molar-refractivity contribution is 7.88. The molecule has 1 aliphatic rings. The van der Waals surface area contributed by atoms with E-state index in [1.807, 2.05) is 0 Å². The molecule has 1 aromatic rings. The third kappa shape index (κ3) is 3.89. The van der Waals surface area contributed by atoms with E-state index in [0.29, 0.717) is 6.61 Å². The summed E-state index contributed by atoms with van der Waals surface area (Å²) in [5.74, 6) is -0.921. The van der Waals surface area contributed by atoms with E-state index < -0.39 is 27.6 Å². The third-order valence-corrected chi connectivity index (χ3v) is 4.74. The highest BCUT2D eigenvalue weighted by Crippen LogP contribution is 2.20. The van der Waals surface area contributed by atoms with E-state index in [2.05, 4.69) is 4.72 Å². The molecule has 0 aromatic heterocycles. The summed E-state index contributed by atoms with van der Waals surface area (Å²) in [6.07, 6.45) is -0.326. The first kappa shape index (κ1) is 15.7. The zero-order valence-electron chi connectivity index (χ0n) is 10.8. The molecule has 0 amide bonds. The average Bonchev–Trinajstić information content (AvgIpc) is 2.80. The Bertz CT molecular complexity index is 581. The van der Waals surface area contributed by atoms with Gasteiger partial charge in [-0.25, -0.2) is 17.5 Å². The van der Waals surface area contributed by atoms with Gasteiger partial charge in [-0.15, -0.1) is 0 Å². The second-order valence-corrected chi connectivity index (χ2v) is 6.69. The van der Waals surface area contributed by atoms with Gasteiger partial charge in [0.05, 0.1) is 31.1 Å². The molecular formula is C12H15ClFNO4S. The minimum Gasteiger partial charge on any atom is -0.377 e. The second-order valence-electron chi connectivity index (χ2n) is 4.53. The molecule has 2 atom stereocenters. The fourth-order valence-corrected chi connectivity index (χ4v) is 3.68. The molecule has 1 aromatic carbocycles. The predicted molar refractivity (Wildman–Crippen MR) is 72.6 cm³/mol. The van der Waals surface area contributed by atoms with Crippen LogP contribution >= 0.6 is 11.6 Å². The maximum absolute atomic E-state index is 13.1. The van der Waals surface area contributed by atoms with Crippen LogP contribution in [0.15, 0.2) is 18.2 Å². The van der Waals surface area contributed by atoms with Crippen LogP contribution in [0.5, 0.6) is 0 Å². The fourth-order valence-electron chi connectivity index (χ4n) is 2.01. The number of nitrogens with one attached hydrogen (secondary N) is 1. The van der Waals surface area contributed by atoms with Gasteiger partial charge in [0.25, 0.3) is 0 Å². The molecule has 2 rings (SSSR count). The molecule has 1 saturated heterocycles. The molecule has 5 nitrogen and oxygen atoms in total. The molecule has 1 aliphatic heterocycles. The van der Waals surface area contributed by atoms with Crippen molar-refractivity contribution in [2.75, 3.05) is 20.3 Å². The first-order valence-corrected chi connectivity index (χ1v) is 7.99. The van der Waals surface area contributed by atoms with Crippen LogP contribution in [0.4, 0.5) is 4.39 Å². The summed E-state index contributed by atoms with van der Waals surface area (Å²) in [5.41, 5.74) is 0.215. The van der Waals surface area contributed by atoms with E-state index >= 15 is 0 Å². The molecule has 0 unspecified atom stereocenters. The molecule has 112 valence electrons. The van der Waals surface area contributed by atoms with Crippen LogP contribution < -0.4 is 4.72 Å². The van der Waals surface area contributed by atoms with E-state index in [4.69, 9.17) is 21.1 Å². The largest absolute Gasteiger partial charge is 0.377 e. The summed E-state index contributed by atoms with van der Waals surface area (Å²) >= 11 is 5.87. The number of methoxy groups -OCH3 is 1. The number of hydrogen-bond acceptors (Lipinski definition) is 4. The van der Waals surface area contributed by atoms with Gasteiger partial charge in [0.15, 0.2) is 0 Å². The quantitative estimate of drug-likeness (QED) is 0.887. The summed E-state index contributed by atoms with van der Waals surface area (Å²) in [5, 5.41) is 0.211. The van der Waals surface area contributed by atoms with Crippen LogP contribution in [0.2, 0.25) is 5.02 Å². The van der Waals surface area contributed by atoms with Gasteiger partial charge in [-0.1, -0.05) is 11.6 Å². The van der Waals surface area contributed by atoms with E-state index in [0.717, 1.165) is 6.07 Å². The van der Waals surface area contributed by atoms with Crippen LogP contribution in [0.3, 0.4) is 0 Å². The molecule has 1 N–H and O–H groups in total. The van der Waals surface area contributed by atoms with Gasteiger partial charge in [0.2, 0.25) is 10.0 Å². The van der Waals surface area contributed by atoms with Crippen molar-refractivity contribution in [1.29, 1.82) is 0 Å². The minimum atomic E-state index is -3.66. The lowest BCUT2D eigenvalue weighted by Gasteiger charge is -2.17. The Morgan fingerprint density at radius 1 is 1.50 bits per heavy atom. The predicted octanol–water partition coefficient (Wildman–Crippen LogP) is 1.31. The van der Waals surface area contributed by atoms with Gasteiger partial charge in [-0.2, -0.15) is 0 Å². The number of hydrogen-bond donors (Lipinski definition) is 1. The normalized spacial score (nSPS) is 23.1. The van der Waals surface area contributed by atoms with Crippen molar-refractivity contribution >= 4 is 21.6 Å². The van der Waals surface area contributed by atoms with Crippen LogP contribution in [0.25, 0.3) is 0 Å². The Balaban J connectivity index is 2.09. The monoisotopic (exact) mass is 323 g/mol. The summed E-state index contributed by atoms with van der Waals surface area (Å²) in [6.45, 7) is 0.582. The van der Waals surface area contributed by atoms with Gasteiger partial charge in [-0.05, 0) is 23.8 Å². The van der Waals surface area contributed by atoms with Crippen molar-refractivity contribution < 1.29 is 22.3 Å².